The second-order valence-electron chi connectivity index (χ2n) is 22.8. The number of H-pyrrole nitrogens is 3. The van der Waals surface area contributed by atoms with E-state index in [0.29, 0.717) is 56.1 Å². The zero-order valence-corrected chi connectivity index (χ0v) is 60.6. The van der Waals surface area contributed by atoms with E-state index in [0.717, 1.165) is 106 Å². The van der Waals surface area contributed by atoms with E-state index in [-0.39, 0.29) is 18.5 Å². The van der Waals surface area contributed by atoms with Crippen molar-refractivity contribution in [1.82, 2.24) is 29.9 Å². The fourth-order valence-corrected chi connectivity index (χ4v) is 9.94. The number of halogens is 1. The molecule has 13 aromatic rings. The van der Waals surface area contributed by atoms with Crippen molar-refractivity contribution in [3.05, 3.63) is 282 Å². The molecule has 1 amide bonds. The molecule has 2 saturated heterocycles. The molecule has 551 valence electrons. The van der Waals surface area contributed by atoms with Gasteiger partial charge in [0, 0.05) is 59.8 Å². The quantitative estimate of drug-likeness (QED) is 0.0149. The molecule has 15 rings (SSSR count). The molecule has 0 bridgehead atoms. The minimum absolute atomic E-state index is 0.0512. The normalized spacial score (nSPS) is 11.3. The second kappa shape index (κ2) is 44.2. The number of nitrogen functional groups attached to an aromatic ring is 3. The third kappa shape index (κ3) is 26.3. The van der Waals surface area contributed by atoms with Gasteiger partial charge in [-0.15, -0.1) is 0 Å². The summed E-state index contributed by atoms with van der Waals surface area (Å²) < 4.78 is 40.5. The summed E-state index contributed by atoms with van der Waals surface area (Å²) in [5.41, 5.74) is 30.5. The summed E-state index contributed by atoms with van der Waals surface area (Å²) in [6, 6.07) is 72.9. The van der Waals surface area contributed by atoms with Gasteiger partial charge < -0.3 is 66.3 Å². The van der Waals surface area contributed by atoms with E-state index in [4.69, 9.17) is 55.8 Å². The molecule has 0 radical (unpaired) electrons. The molecule has 2 aliphatic rings. The minimum atomic E-state index is -1.44. The summed E-state index contributed by atoms with van der Waals surface area (Å²) in [6.07, 6.45) is 5.95. The number of carbonyl (C=O) groups is 6. The summed E-state index contributed by atoms with van der Waals surface area (Å²) in [7, 11) is 3.98. The van der Waals surface area contributed by atoms with Crippen molar-refractivity contribution in [2.45, 2.75) is 32.3 Å². The number of hydrogen-bond donors (Lipinski definition) is 8. The van der Waals surface area contributed by atoms with Crippen molar-refractivity contribution in [3.8, 4) is 34.2 Å². The number of esters is 3. The Morgan fingerprint density at radius 2 is 0.822 bits per heavy atom. The van der Waals surface area contributed by atoms with Crippen LogP contribution in [0.2, 0.25) is 0 Å². The second-order valence-corrected chi connectivity index (χ2v) is 23.3. The van der Waals surface area contributed by atoms with E-state index in [2.05, 4.69) is 44.7 Å². The van der Waals surface area contributed by atoms with Crippen LogP contribution in [0.1, 0.15) is 93.4 Å². The number of nitrogens with zero attached hydrogens (tertiary/aromatic N) is 3. The number of amides is 1. The molecule has 0 atom stereocenters. The summed E-state index contributed by atoms with van der Waals surface area (Å²) in [6.45, 7) is 4.05. The van der Waals surface area contributed by atoms with Crippen LogP contribution in [0.4, 0.5) is 22.7 Å². The number of imidazole rings is 3. The van der Waals surface area contributed by atoms with Crippen LogP contribution in [-0.2, 0) is 52.8 Å². The topological polar surface area (TPSA) is 379 Å². The van der Waals surface area contributed by atoms with Crippen molar-refractivity contribution in [2.24, 2.45) is 0 Å². The number of aromatic amines is 3. The number of methoxy groups -OCH3 is 3. The number of hydrogen-bond acceptors (Lipinski definition) is 20. The van der Waals surface area contributed by atoms with Crippen molar-refractivity contribution < 1.29 is 80.0 Å². The molecule has 2 fully saturated rings. The zero-order valence-electron chi connectivity index (χ0n) is 58.6. The molecule has 0 saturated carbocycles. The Hall–Kier alpha value is -12.5. The van der Waals surface area contributed by atoms with Gasteiger partial charge >= 0.3 is 40.4 Å². The summed E-state index contributed by atoms with van der Waals surface area (Å²) in [4.78, 5) is 90.2. The van der Waals surface area contributed by atoms with Crippen LogP contribution in [0, 0.1) is 0 Å². The first-order chi connectivity index (χ1) is 52.0. The molecule has 0 spiro atoms. The number of ether oxygens (including phenoxy) is 5. The number of rotatable bonds is 11. The Morgan fingerprint density at radius 3 is 1.21 bits per heavy atom. The average Bonchev–Trinajstić information content (AvgIpc) is 1.69. The molecule has 10 aromatic carbocycles. The standard InChI is InChI=1S/C15H14N2O3.C15H12N2O2.C14H12N2O.C14H10N2O.C8H10N2O2.C7H5ClO.2C4H8O.Mn.2O/c1-20-15(19)11-7-8-12(16)13(9-11)17-14(18)10-5-3-2-4-6-10;1-19-15(18)11-7-8-12-13(9-11)17-14(16-12)10-5-3-2-4-6-10;2*17-9-10-6-7-12-13(8-10)16-14(15-12)11-4-2-1-3-5-11;1-12-8(11)5-2-3-6(9)7(10)4-5;8-7(9)6-4-2-1-3-5-6;2*1-2-4-5-3-1;;;/h2-9H,16H2,1H3,(H,17,18);2-9H,1H3,(H,16,17);1-8,17H,9H2,(H,15,16);1-9H,(H,15,16);2-4H,9-10H2,1H3;1-5H;2*1-4H2;;;. The van der Waals surface area contributed by atoms with Gasteiger partial charge in [-0.1, -0.05) is 146 Å². The first kappa shape index (κ1) is 81.8. The number of aldehydes is 1. The first-order valence-electron chi connectivity index (χ1n) is 33.2. The SMILES string of the molecule is C1CCOC1.C1CCOC1.COC(=O)c1ccc(N)c(N)c1.COC(=O)c1ccc(N)c(NC(=O)c2ccccc2)c1.COC(=O)c1ccc2nc(-c3ccccc3)[nH]c2c1.O=C(Cl)c1ccccc1.O=Cc1ccc2nc(-c3ccccc3)[nH]c2c1.OCc1ccc2nc(-c3ccccc3)[nH]c2c1.[O]=[Mn]=[O]. The molecule has 0 unspecified atom stereocenters. The third-order valence-electron chi connectivity index (χ3n) is 15.3. The maximum absolute atomic E-state index is 12.0. The number of anilines is 4. The predicted octanol–water partition coefficient (Wildman–Crippen LogP) is 15.1. The monoisotopic (exact) mass is 1510 g/mol. The van der Waals surface area contributed by atoms with Crippen LogP contribution < -0.4 is 22.5 Å². The fourth-order valence-electron chi connectivity index (χ4n) is 9.81. The number of aliphatic hydroxyl groups is 1. The van der Waals surface area contributed by atoms with Gasteiger partial charge in [-0.25, -0.2) is 29.3 Å². The fraction of sp³-hybridized carbons (Fsp3) is 0.148. The van der Waals surface area contributed by atoms with Crippen molar-refractivity contribution in [1.29, 1.82) is 0 Å². The molecular weight excluding hydrogens is 1430 g/mol. The molecule has 2 aliphatic heterocycles. The molecule has 5 heterocycles. The summed E-state index contributed by atoms with van der Waals surface area (Å²) >= 11 is 3.73. The first-order valence-corrected chi connectivity index (χ1v) is 34.5. The molecule has 24 nitrogen and oxygen atoms in total. The molecule has 11 N–H and O–H groups in total. The van der Waals surface area contributed by atoms with E-state index in [1.54, 1.807) is 91.0 Å². The van der Waals surface area contributed by atoms with Gasteiger partial charge in [-0.3, -0.25) is 14.4 Å². The average molecular weight is 1510 g/mol. The molecule has 107 heavy (non-hydrogen) atoms. The van der Waals surface area contributed by atoms with Gasteiger partial charge in [0.2, 0.25) is 0 Å². The van der Waals surface area contributed by atoms with E-state index in [1.165, 1.54) is 59.1 Å². The van der Waals surface area contributed by atoms with Crippen LogP contribution in [0.25, 0.3) is 67.3 Å². The Morgan fingerprint density at radius 1 is 0.458 bits per heavy atom. The van der Waals surface area contributed by atoms with E-state index in [1.807, 2.05) is 140 Å². The van der Waals surface area contributed by atoms with E-state index < -0.39 is 32.0 Å². The Bertz CT molecular complexity index is 4990. The molecule has 3 aromatic heterocycles. The molecule has 0 aliphatic carbocycles. The van der Waals surface area contributed by atoms with Gasteiger partial charge in [-0.05, 0) is 140 Å². The number of nitrogens with one attached hydrogen (secondary N) is 4. The Kier molecular flexibility index (Phi) is 33.8. The summed E-state index contributed by atoms with van der Waals surface area (Å²) in [5.74, 6) is 0.927. The summed E-state index contributed by atoms with van der Waals surface area (Å²) in [5, 5.41) is 11.4. The van der Waals surface area contributed by atoms with Crippen LogP contribution in [0.5, 0.6) is 0 Å². The number of aromatic nitrogens is 6. The van der Waals surface area contributed by atoms with Crippen molar-refractivity contribution in [3.63, 3.8) is 0 Å². The predicted molar refractivity (Wildman–Crippen MR) is 409 cm³/mol. The maximum atomic E-state index is 12.0. The number of benzene rings is 10. The number of carbonyl (C=O) groups excluding carboxylic acids is 6. The van der Waals surface area contributed by atoms with Gasteiger partial charge in [0.05, 0.1) is 100 Å². The number of aliphatic hydroxyl groups excluding tert-OH is 1. The van der Waals surface area contributed by atoms with Crippen LogP contribution in [0.15, 0.2) is 243 Å². The number of fused-ring (bicyclic) bond motifs is 3. The third-order valence-corrected chi connectivity index (χ3v) is 15.6. The Balaban J connectivity index is 0.000000175. The molecule has 26 heteroatoms. The molecular formula is C81H79ClMnN10O14. The number of nitrogens with two attached hydrogens (primary N) is 3. The van der Waals surface area contributed by atoms with Gasteiger partial charge in [0.15, 0.2) is 0 Å². The van der Waals surface area contributed by atoms with E-state index >= 15 is 0 Å². The van der Waals surface area contributed by atoms with Crippen LogP contribution in [0.3, 0.4) is 0 Å². The van der Waals surface area contributed by atoms with Crippen LogP contribution >= 0.6 is 11.6 Å². The van der Waals surface area contributed by atoms with E-state index in [9.17, 15) is 28.8 Å². The zero-order chi connectivity index (χ0) is 76.7. The van der Waals surface area contributed by atoms with Gasteiger partial charge in [0.1, 0.15) is 23.8 Å². The van der Waals surface area contributed by atoms with Crippen molar-refractivity contribution >= 4 is 103 Å². The van der Waals surface area contributed by atoms with Gasteiger partial charge in [0.25, 0.3) is 11.1 Å². The van der Waals surface area contributed by atoms with Crippen molar-refractivity contribution in [2.75, 3.05) is 70.3 Å². The van der Waals surface area contributed by atoms with Crippen LogP contribution in [-0.4, -0.2) is 118 Å². The van der Waals surface area contributed by atoms with Gasteiger partial charge in [-0.2, -0.15) is 0 Å². The Labute approximate surface area is 627 Å².